The van der Waals surface area contributed by atoms with E-state index in [1.165, 1.54) is 12.2 Å². The Morgan fingerprint density at radius 2 is 1.77 bits per heavy atom. The lowest BCUT2D eigenvalue weighted by Gasteiger charge is -2.22. The van der Waals surface area contributed by atoms with Gasteiger partial charge in [-0.1, -0.05) is 13.8 Å². The predicted molar refractivity (Wildman–Crippen MR) is 45.2 cm³/mol. The molecule has 0 aromatic heterocycles. The molecule has 1 atom stereocenters. The van der Waals surface area contributed by atoms with Crippen LogP contribution in [0.1, 0.15) is 13.8 Å². The van der Waals surface area contributed by atoms with E-state index in [1.807, 2.05) is 6.07 Å². The van der Waals surface area contributed by atoms with Gasteiger partial charge in [0.1, 0.15) is 6.04 Å². The van der Waals surface area contributed by atoms with Crippen molar-refractivity contribution in [2.45, 2.75) is 19.9 Å². The summed E-state index contributed by atoms with van der Waals surface area (Å²) in [5.74, 6) is -0.840. The molecule has 0 aromatic rings. The first-order chi connectivity index (χ1) is 6.07. The van der Waals surface area contributed by atoms with Gasteiger partial charge in [-0.05, 0) is 5.92 Å². The first kappa shape index (κ1) is 9.46. The Bertz CT molecular complexity index is 294. The molecule has 0 aromatic carbocycles. The molecule has 1 heterocycles. The van der Waals surface area contributed by atoms with Crippen molar-refractivity contribution >= 4 is 11.8 Å². The topological polar surface area (TPSA) is 61.2 Å². The number of rotatable bonds is 2. The van der Waals surface area contributed by atoms with Crippen molar-refractivity contribution in [1.82, 2.24) is 4.90 Å². The van der Waals surface area contributed by atoms with Gasteiger partial charge in [0.2, 0.25) is 0 Å². The number of hydrogen-bond donors (Lipinski definition) is 0. The molecule has 1 aliphatic rings. The maximum absolute atomic E-state index is 11.2. The molecule has 1 unspecified atom stereocenters. The van der Waals surface area contributed by atoms with Crippen molar-refractivity contribution in [3.05, 3.63) is 12.2 Å². The molecule has 0 saturated carbocycles. The van der Waals surface area contributed by atoms with Gasteiger partial charge in [-0.3, -0.25) is 14.5 Å². The number of amides is 2. The molecule has 0 radical (unpaired) electrons. The molecule has 13 heavy (non-hydrogen) atoms. The molecule has 1 rings (SSSR count). The van der Waals surface area contributed by atoms with Crippen LogP contribution in [-0.2, 0) is 9.59 Å². The number of carbonyl (C=O) groups excluding carboxylic acids is 2. The van der Waals surface area contributed by atoms with Gasteiger partial charge >= 0.3 is 0 Å². The van der Waals surface area contributed by atoms with E-state index < -0.39 is 17.9 Å². The molecular formula is C9H10N2O2. The van der Waals surface area contributed by atoms with E-state index in [2.05, 4.69) is 0 Å². The van der Waals surface area contributed by atoms with E-state index in [9.17, 15) is 9.59 Å². The monoisotopic (exact) mass is 178 g/mol. The fourth-order valence-electron chi connectivity index (χ4n) is 1.19. The Balaban J connectivity index is 2.89. The van der Waals surface area contributed by atoms with Gasteiger partial charge in [0.25, 0.3) is 11.8 Å². The lowest BCUT2D eigenvalue weighted by molar-refractivity contribution is -0.139. The van der Waals surface area contributed by atoms with Crippen LogP contribution in [0.2, 0.25) is 0 Å². The lowest BCUT2D eigenvalue weighted by Crippen LogP contribution is -2.42. The summed E-state index contributed by atoms with van der Waals surface area (Å²) in [6.45, 7) is 3.60. The largest absolute Gasteiger partial charge is 0.269 e. The van der Waals surface area contributed by atoms with E-state index in [4.69, 9.17) is 5.26 Å². The Hall–Kier alpha value is -1.63. The molecule has 0 aliphatic carbocycles. The summed E-state index contributed by atoms with van der Waals surface area (Å²) in [4.78, 5) is 23.3. The molecule has 1 aliphatic heterocycles. The van der Waals surface area contributed by atoms with Crippen LogP contribution >= 0.6 is 0 Å². The van der Waals surface area contributed by atoms with Crippen molar-refractivity contribution < 1.29 is 9.59 Å². The van der Waals surface area contributed by atoms with Gasteiger partial charge in [0.05, 0.1) is 6.07 Å². The number of imide groups is 1. The molecule has 4 heteroatoms. The highest BCUT2D eigenvalue weighted by molar-refractivity contribution is 6.13. The maximum atomic E-state index is 11.2. The number of carbonyl (C=O) groups is 2. The van der Waals surface area contributed by atoms with Crippen LogP contribution in [0.3, 0.4) is 0 Å². The molecule has 0 spiro atoms. The second kappa shape index (κ2) is 3.40. The SMILES string of the molecule is CC(C)C(C#N)N1C(=O)C=CC1=O. The molecule has 4 nitrogen and oxygen atoms in total. The summed E-state index contributed by atoms with van der Waals surface area (Å²) < 4.78 is 0. The van der Waals surface area contributed by atoms with Crippen LogP contribution < -0.4 is 0 Å². The van der Waals surface area contributed by atoms with Crippen LogP contribution in [0.15, 0.2) is 12.2 Å². The van der Waals surface area contributed by atoms with Crippen molar-refractivity contribution in [3.8, 4) is 6.07 Å². The number of hydrogen-bond acceptors (Lipinski definition) is 3. The number of nitriles is 1. The highest BCUT2D eigenvalue weighted by Gasteiger charge is 2.32. The Kier molecular flexibility index (Phi) is 2.47. The van der Waals surface area contributed by atoms with E-state index in [0.29, 0.717) is 0 Å². The molecule has 0 fully saturated rings. The zero-order valence-corrected chi connectivity index (χ0v) is 7.52. The summed E-state index contributed by atoms with van der Waals surface area (Å²) >= 11 is 0. The fourth-order valence-corrected chi connectivity index (χ4v) is 1.19. The molecule has 0 bridgehead atoms. The Labute approximate surface area is 76.4 Å². The zero-order chi connectivity index (χ0) is 10.0. The van der Waals surface area contributed by atoms with Crippen molar-refractivity contribution in [2.75, 3.05) is 0 Å². The minimum Gasteiger partial charge on any atom is -0.269 e. The summed E-state index contributed by atoms with van der Waals surface area (Å²) in [5, 5.41) is 8.77. The van der Waals surface area contributed by atoms with Crippen molar-refractivity contribution in [3.63, 3.8) is 0 Å². The average Bonchev–Trinajstić information content (AvgIpc) is 2.36. The Morgan fingerprint density at radius 1 is 1.31 bits per heavy atom. The normalized spacial score (nSPS) is 18.2. The van der Waals surface area contributed by atoms with Crippen LogP contribution in [0, 0.1) is 17.2 Å². The second-order valence-corrected chi connectivity index (χ2v) is 3.20. The first-order valence-corrected chi connectivity index (χ1v) is 4.02. The molecular weight excluding hydrogens is 168 g/mol. The van der Waals surface area contributed by atoms with E-state index >= 15 is 0 Å². The van der Waals surface area contributed by atoms with Gasteiger partial charge in [-0.25, -0.2) is 0 Å². The smallest absolute Gasteiger partial charge is 0.254 e. The van der Waals surface area contributed by atoms with Gasteiger partial charge in [-0.15, -0.1) is 0 Å². The molecule has 68 valence electrons. The highest BCUT2D eigenvalue weighted by atomic mass is 16.2. The number of nitrogens with zero attached hydrogens (tertiary/aromatic N) is 2. The molecule has 2 amide bonds. The lowest BCUT2D eigenvalue weighted by atomic mass is 10.0. The zero-order valence-electron chi connectivity index (χ0n) is 7.52. The van der Waals surface area contributed by atoms with Crippen LogP contribution in [0.4, 0.5) is 0 Å². The van der Waals surface area contributed by atoms with Crippen LogP contribution in [-0.4, -0.2) is 22.8 Å². The average molecular weight is 178 g/mol. The van der Waals surface area contributed by atoms with Gasteiger partial charge in [0, 0.05) is 12.2 Å². The molecule has 0 N–H and O–H groups in total. The summed E-state index contributed by atoms with van der Waals surface area (Å²) in [6, 6.07) is 1.29. The third-order valence-corrected chi connectivity index (χ3v) is 1.89. The van der Waals surface area contributed by atoms with E-state index in [0.717, 1.165) is 4.90 Å². The minimum atomic E-state index is -0.657. The minimum absolute atomic E-state index is 0.0437. The van der Waals surface area contributed by atoms with Gasteiger partial charge < -0.3 is 0 Å². The third-order valence-electron chi connectivity index (χ3n) is 1.89. The standard InChI is InChI=1S/C9H10N2O2/c1-6(2)7(5-10)11-8(12)3-4-9(11)13/h3-4,6-7H,1-2H3. The van der Waals surface area contributed by atoms with Crippen molar-refractivity contribution in [1.29, 1.82) is 5.26 Å². The van der Waals surface area contributed by atoms with Gasteiger partial charge in [0.15, 0.2) is 0 Å². The van der Waals surface area contributed by atoms with Crippen LogP contribution in [0.25, 0.3) is 0 Å². The highest BCUT2D eigenvalue weighted by Crippen LogP contribution is 2.15. The first-order valence-electron chi connectivity index (χ1n) is 4.02. The van der Waals surface area contributed by atoms with E-state index in [1.54, 1.807) is 13.8 Å². The quantitative estimate of drug-likeness (QED) is 0.577. The van der Waals surface area contributed by atoms with Gasteiger partial charge in [-0.2, -0.15) is 5.26 Å². The summed E-state index contributed by atoms with van der Waals surface area (Å²) in [5.41, 5.74) is 0. The third kappa shape index (κ3) is 1.59. The van der Waals surface area contributed by atoms with Crippen molar-refractivity contribution in [2.24, 2.45) is 5.92 Å². The fraction of sp³-hybridized carbons (Fsp3) is 0.444. The Morgan fingerprint density at radius 3 is 2.08 bits per heavy atom. The maximum Gasteiger partial charge on any atom is 0.254 e. The summed E-state index contributed by atoms with van der Waals surface area (Å²) in [6.07, 6.45) is 2.38. The predicted octanol–water partition coefficient (Wildman–Crippen LogP) is 0.460. The second-order valence-electron chi connectivity index (χ2n) is 3.20. The van der Waals surface area contributed by atoms with E-state index in [-0.39, 0.29) is 5.92 Å². The van der Waals surface area contributed by atoms with Crippen LogP contribution in [0.5, 0.6) is 0 Å². The summed E-state index contributed by atoms with van der Waals surface area (Å²) in [7, 11) is 0. The molecule has 0 saturated heterocycles.